The van der Waals surface area contributed by atoms with Crippen LogP contribution in [0.5, 0.6) is 0 Å². The summed E-state index contributed by atoms with van der Waals surface area (Å²) in [6, 6.07) is 0. The zero-order valence-electron chi connectivity index (χ0n) is 8.56. The average Bonchev–Trinajstić information content (AvgIpc) is 2.61. The van der Waals surface area contributed by atoms with Gasteiger partial charge < -0.3 is 10.0 Å². The second-order valence-electron chi connectivity index (χ2n) is 3.80. The van der Waals surface area contributed by atoms with Crippen molar-refractivity contribution in [2.75, 3.05) is 32.8 Å². The van der Waals surface area contributed by atoms with Gasteiger partial charge in [-0.15, -0.1) is 0 Å². The summed E-state index contributed by atoms with van der Waals surface area (Å²) < 4.78 is 37.6. The van der Waals surface area contributed by atoms with Crippen LogP contribution in [0.15, 0.2) is 5.11 Å². The van der Waals surface area contributed by atoms with Gasteiger partial charge in [-0.2, -0.15) is 13.2 Å². The predicted octanol–water partition coefficient (Wildman–Crippen LogP) is 1.40. The van der Waals surface area contributed by atoms with Crippen molar-refractivity contribution in [3.8, 4) is 0 Å². The molecule has 2 atom stereocenters. The molecule has 0 aromatic rings. The highest BCUT2D eigenvalue weighted by Crippen LogP contribution is 2.37. The molecule has 1 N–H and O–H groups in total. The molecule has 92 valence electrons. The Kier molecular flexibility index (Phi) is 4.40. The molecule has 0 spiro atoms. The molecule has 2 unspecified atom stereocenters. The minimum atomic E-state index is -4.28. The number of likely N-dealkylation sites (tertiary alicyclic amines) is 1. The number of aliphatic hydroxyl groups excluding tert-OH is 1. The molecule has 1 aliphatic rings. The molecule has 8 heteroatoms. The molecule has 0 amide bonds. The molecule has 1 rings (SSSR count). The fraction of sp³-hybridized carbons (Fsp3) is 1.00. The first-order valence-corrected chi connectivity index (χ1v) is 4.89. The first kappa shape index (κ1) is 13.1. The smallest absolute Gasteiger partial charge is 0.393 e. The largest absolute Gasteiger partial charge is 0.396 e. The third-order valence-electron chi connectivity index (χ3n) is 2.75. The molecule has 1 aliphatic heterocycles. The maximum absolute atomic E-state index is 12.5. The summed E-state index contributed by atoms with van der Waals surface area (Å²) in [7, 11) is 0. The number of halogens is 3. The van der Waals surface area contributed by atoms with Crippen LogP contribution in [0.25, 0.3) is 10.4 Å². The number of azide groups is 1. The van der Waals surface area contributed by atoms with E-state index in [0.29, 0.717) is 6.54 Å². The topological polar surface area (TPSA) is 72.2 Å². The standard InChI is InChI=1S/C8H13F3N4O/c9-8(10,11)7-4-15(2-1-13-14-12)3-6(7)5-16/h6-7,16H,1-5H2. The SMILES string of the molecule is [N-]=[N+]=NCCN1CC(CO)C(C(F)(F)F)C1. The Labute approximate surface area is 90.5 Å². The first-order valence-electron chi connectivity index (χ1n) is 4.89. The minimum Gasteiger partial charge on any atom is -0.396 e. The molecule has 0 aliphatic carbocycles. The van der Waals surface area contributed by atoms with Gasteiger partial charge >= 0.3 is 6.18 Å². The molecule has 1 fully saturated rings. The molecular weight excluding hydrogens is 225 g/mol. The Morgan fingerprint density at radius 3 is 2.56 bits per heavy atom. The molecule has 0 radical (unpaired) electrons. The molecule has 5 nitrogen and oxygen atoms in total. The number of hydrogen-bond acceptors (Lipinski definition) is 3. The van der Waals surface area contributed by atoms with Crippen molar-refractivity contribution in [1.29, 1.82) is 0 Å². The Morgan fingerprint density at radius 2 is 2.12 bits per heavy atom. The van der Waals surface area contributed by atoms with Crippen LogP contribution < -0.4 is 0 Å². The average molecular weight is 238 g/mol. The maximum Gasteiger partial charge on any atom is 0.393 e. The van der Waals surface area contributed by atoms with Gasteiger partial charge in [-0.3, -0.25) is 0 Å². The molecule has 0 saturated carbocycles. The monoisotopic (exact) mass is 238 g/mol. The van der Waals surface area contributed by atoms with Crippen molar-refractivity contribution < 1.29 is 18.3 Å². The number of hydrogen-bond donors (Lipinski definition) is 1. The van der Waals surface area contributed by atoms with E-state index >= 15 is 0 Å². The minimum absolute atomic E-state index is 0.129. The Bertz CT molecular complexity index is 277. The third kappa shape index (κ3) is 3.26. The van der Waals surface area contributed by atoms with Crippen LogP contribution in [0.2, 0.25) is 0 Å². The number of alkyl halides is 3. The zero-order valence-corrected chi connectivity index (χ0v) is 8.56. The Hall–Kier alpha value is -0.980. The van der Waals surface area contributed by atoms with E-state index in [1.54, 1.807) is 4.90 Å². The summed E-state index contributed by atoms with van der Waals surface area (Å²) in [5.74, 6) is -2.25. The molecule has 0 aromatic heterocycles. The van der Waals surface area contributed by atoms with E-state index in [2.05, 4.69) is 10.0 Å². The van der Waals surface area contributed by atoms with Crippen molar-refractivity contribution >= 4 is 0 Å². The maximum atomic E-state index is 12.5. The zero-order chi connectivity index (χ0) is 12.2. The van der Waals surface area contributed by atoms with Gasteiger partial charge in [0.05, 0.1) is 5.92 Å². The lowest BCUT2D eigenvalue weighted by Crippen LogP contribution is -2.31. The molecule has 16 heavy (non-hydrogen) atoms. The van der Waals surface area contributed by atoms with Crippen LogP contribution >= 0.6 is 0 Å². The quantitative estimate of drug-likeness (QED) is 0.456. The van der Waals surface area contributed by atoms with Crippen LogP contribution in [0.4, 0.5) is 13.2 Å². The molecule has 0 bridgehead atoms. The van der Waals surface area contributed by atoms with Gasteiger partial charge in [0.15, 0.2) is 0 Å². The lowest BCUT2D eigenvalue weighted by atomic mass is 9.97. The van der Waals surface area contributed by atoms with Gasteiger partial charge in [-0.25, -0.2) is 0 Å². The van der Waals surface area contributed by atoms with Crippen molar-refractivity contribution in [3.63, 3.8) is 0 Å². The predicted molar refractivity (Wildman–Crippen MR) is 50.6 cm³/mol. The van der Waals surface area contributed by atoms with E-state index in [0.717, 1.165) is 0 Å². The second kappa shape index (κ2) is 5.38. The molecule has 1 heterocycles. The molecule has 0 aromatic carbocycles. The van der Waals surface area contributed by atoms with Crippen molar-refractivity contribution in [2.24, 2.45) is 17.0 Å². The normalized spacial score (nSPS) is 26.8. The highest BCUT2D eigenvalue weighted by atomic mass is 19.4. The van der Waals surface area contributed by atoms with E-state index in [9.17, 15) is 13.2 Å². The lowest BCUT2D eigenvalue weighted by molar-refractivity contribution is -0.183. The van der Waals surface area contributed by atoms with E-state index in [1.165, 1.54) is 0 Å². The summed E-state index contributed by atoms with van der Waals surface area (Å²) in [5.41, 5.74) is 8.04. The fourth-order valence-electron chi connectivity index (χ4n) is 1.93. The first-order chi connectivity index (χ1) is 7.49. The van der Waals surface area contributed by atoms with Gasteiger partial charge in [0.1, 0.15) is 0 Å². The van der Waals surface area contributed by atoms with Gasteiger partial charge in [-0.05, 0) is 5.53 Å². The summed E-state index contributed by atoms with van der Waals surface area (Å²) in [6.45, 7) is 0.0475. The Balaban J connectivity index is 2.53. The van der Waals surface area contributed by atoms with Crippen LogP contribution in [0.3, 0.4) is 0 Å². The van der Waals surface area contributed by atoms with Gasteiger partial charge in [0.2, 0.25) is 0 Å². The van der Waals surface area contributed by atoms with Crippen molar-refractivity contribution in [1.82, 2.24) is 4.90 Å². The van der Waals surface area contributed by atoms with Crippen LogP contribution in [-0.2, 0) is 0 Å². The number of aliphatic hydroxyl groups is 1. The highest BCUT2D eigenvalue weighted by Gasteiger charge is 2.48. The van der Waals surface area contributed by atoms with E-state index in [1.807, 2.05) is 0 Å². The van der Waals surface area contributed by atoms with Crippen LogP contribution in [0, 0.1) is 11.8 Å². The fourth-order valence-corrected chi connectivity index (χ4v) is 1.93. The van der Waals surface area contributed by atoms with E-state index in [-0.39, 0.29) is 19.6 Å². The number of rotatable bonds is 4. The van der Waals surface area contributed by atoms with E-state index < -0.39 is 24.6 Å². The summed E-state index contributed by atoms with van der Waals surface area (Å²) >= 11 is 0. The second-order valence-corrected chi connectivity index (χ2v) is 3.80. The Morgan fingerprint density at radius 1 is 1.44 bits per heavy atom. The van der Waals surface area contributed by atoms with Crippen molar-refractivity contribution in [3.05, 3.63) is 10.4 Å². The number of nitrogens with zero attached hydrogens (tertiary/aromatic N) is 4. The third-order valence-corrected chi connectivity index (χ3v) is 2.75. The van der Waals surface area contributed by atoms with E-state index in [4.69, 9.17) is 10.6 Å². The lowest BCUT2D eigenvalue weighted by Gasteiger charge is -2.19. The van der Waals surface area contributed by atoms with Crippen LogP contribution in [0.1, 0.15) is 0 Å². The molecule has 1 saturated heterocycles. The van der Waals surface area contributed by atoms with Gasteiger partial charge in [0, 0.05) is 43.6 Å². The summed E-state index contributed by atoms with van der Waals surface area (Å²) in [4.78, 5) is 4.09. The summed E-state index contributed by atoms with van der Waals surface area (Å²) in [5, 5.41) is 12.1. The van der Waals surface area contributed by atoms with Crippen molar-refractivity contribution in [2.45, 2.75) is 6.18 Å². The van der Waals surface area contributed by atoms with Crippen LogP contribution in [-0.4, -0.2) is 49.0 Å². The molecular formula is C8H13F3N4O. The highest BCUT2D eigenvalue weighted by molar-refractivity contribution is 4.88. The van der Waals surface area contributed by atoms with Gasteiger partial charge in [-0.1, -0.05) is 5.11 Å². The van der Waals surface area contributed by atoms with Gasteiger partial charge in [0.25, 0.3) is 0 Å². The summed E-state index contributed by atoms with van der Waals surface area (Å²) in [6.07, 6.45) is -4.28.